The van der Waals surface area contributed by atoms with Crippen LogP contribution in [0, 0.1) is 6.92 Å². The molecule has 0 atom stereocenters. The first-order chi connectivity index (χ1) is 13.3. The third-order valence-corrected chi connectivity index (χ3v) is 3.52. The van der Waals surface area contributed by atoms with Crippen molar-refractivity contribution in [3.8, 4) is 11.5 Å². The second kappa shape index (κ2) is 11.8. The first-order valence-corrected chi connectivity index (χ1v) is 8.75. The van der Waals surface area contributed by atoms with E-state index in [4.69, 9.17) is 21.1 Å². The molecule has 0 aromatic heterocycles. The molecule has 0 spiro atoms. The fraction of sp³-hybridized carbons (Fsp3) is 0.300. The van der Waals surface area contributed by atoms with Gasteiger partial charge < -0.3 is 24.6 Å². The Bertz CT molecular complexity index is 809. The lowest BCUT2D eigenvalue weighted by atomic mass is 10.1. The van der Waals surface area contributed by atoms with Crippen LogP contribution in [0.4, 0.5) is 5.69 Å². The normalized spacial score (nSPS) is 9.75. The summed E-state index contributed by atoms with van der Waals surface area (Å²) in [6.45, 7) is 3.97. The van der Waals surface area contributed by atoms with E-state index >= 15 is 0 Å². The number of methoxy groups -OCH3 is 1. The van der Waals surface area contributed by atoms with Crippen molar-refractivity contribution in [3.63, 3.8) is 0 Å². The van der Waals surface area contributed by atoms with Gasteiger partial charge in [0.15, 0.2) is 0 Å². The van der Waals surface area contributed by atoms with Crippen LogP contribution in [-0.2, 0) is 9.53 Å². The summed E-state index contributed by atoms with van der Waals surface area (Å²) in [6, 6.07) is 9.86. The van der Waals surface area contributed by atoms with Crippen LogP contribution in [0.1, 0.15) is 22.8 Å². The third kappa shape index (κ3) is 7.85. The summed E-state index contributed by atoms with van der Waals surface area (Å²) in [4.78, 5) is 22.3. The predicted molar refractivity (Wildman–Crippen MR) is 108 cm³/mol. The lowest BCUT2D eigenvalue weighted by Gasteiger charge is -2.12. The predicted octanol–water partition coefficient (Wildman–Crippen LogP) is 4.03. The molecule has 152 valence electrons. The largest absolute Gasteiger partial charge is 0.491 e. The van der Waals surface area contributed by atoms with Crippen molar-refractivity contribution in [2.24, 2.45) is 0 Å². The number of aromatic carboxylic acids is 1. The fourth-order valence-corrected chi connectivity index (χ4v) is 2.41. The van der Waals surface area contributed by atoms with Crippen LogP contribution in [-0.4, -0.2) is 44.4 Å². The molecule has 28 heavy (non-hydrogen) atoms. The first-order valence-electron chi connectivity index (χ1n) is 8.37. The van der Waals surface area contributed by atoms with Gasteiger partial charge in [0.05, 0.1) is 0 Å². The molecule has 8 heteroatoms. The van der Waals surface area contributed by atoms with Crippen LogP contribution < -0.4 is 14.8 Å². The number of carbonyl (C=O) groups excluding carboxylic acids is 1. The van der Waals surface area contributed by atoms with Crippen molar-refractivity contribution in [2.45, 2.75) is 13.8 Å². The summed E-state index contributed by atoms with van der Waals surface area (Å²) in [5.74, 6) is -0.996. The Kier molecular flexibility index (Phi) is 9.84. The quantitative estimate of drug-likeness (QED) is 0.405. The number of hydrogen-bond donors (Lipinski definition) is 2. The summed E-state index contributed by atoms with van der Waals surface area (Å²) >= 11 is 5.90. The molecule has 7 nitrogen and oxygen atoms in total. The van der Waals surface area contributed by atoms with E-state index in [0.29, 0.717) is 23.9 Å². The van der Waals surface area contributed by atoms with Crippen LogP contribution in [0.5, 0.6) is 11.5 Å². The zero-order valence-corrected chi connectivity index (χ0v) is 17.0. The van der Waals surface area contributed by atoms with E-state index in [1.165, 1.54) is 19.1 Å². The minimum absolute atomic E-state index is 0.0126. The van der Waals surface area contributed by atoms with Crippen LogP contribution in [0.25, 0.3) is 0 Å². The van der Waals surface area contributed by atoms with Gasteiger partial charge in [-0.15, -0.1) is 0 Å². The smallest absolute Gasteiger partial charge is 0.339 e. The van der Waals surface area contributed by atoms with E-state index in [1.54, 1.807) is 32.4 Å². The molecule has 2 aromatic carbocycles. The molecule has 0 fully saturated rings. The van der Waals surface area contributed by atoms with E-state index in [9.17, 15) is 14.7 Å². The topological polar surface area (TPSA) is 94.1 Å². The number of aryl methyl sites for hydroxylation is 1. The fourth-order valence-electron chi connectivity index (χ4n) is 2.18. The molecule has 2 aromatic rings. The molecular weight excluding hydrogens is 386 g/mol. The Morgan fingerprint density at radius 3 is 2.32 bits per heavy atom. The zero-order valence-electron chi connectivity index (χ0n) is 16.2. The highest BCUT2D eigenvalue weighted by atomic mass is 35.5. The van der Waals surface area contributed by atoms with Crippen molar-refractivity contribution < 1.29 is 28.9 Å². The number of anilines is 1. The number of carbonyl (C=O) groups is 2. The molecule has 2 N–H and O–H groups in total. The maximum Gasteiger partial charge on any atom is 0.339 e. The van der Waals surface area contributed by atoms with Crippen LogP contribution in [0.15, 0.2) is 36.4 Å². The molecule has 0 unspecified atom stereocenters. The molecule has 0 aliphatic heterocycles. The Morgan fingerprint density at radius 2 is 1.75 bits per heavy atom. The van der Waals surface area contributed by atoms with E-state index in [-0.39, 0.29) is 11.3 Å². The van der Waals surface area contributed by atoms with Gasteiger partial charge in [-0.1, -0.05) is 11.6 Å². The van der Waals surface area contributed by atoms with Gasteiger partial charge in [0.1, 0.15) is 23.7 Å². The maximum atomic E-state index is 11.3. The number of benzene rings is 2. The Balaban J connectivity index is 0.00000122. The van der Waals surface area contributed by atoms with E-state index in [0.717, 1.165) is 11.3 Å². The summed E-state index contributed by atoms with van der Waals surface area (Å²) < 4.78 is 14.8. The Hall–Kier alpha value is -2.77. The summed E-state index contributed by atoms with van der Waals surface area (Å²) in [6.07, 6.45) is 0. The summed E-state index contributed by atoms with van der Waals surface area (Å²) in [7, 11) is 3.25. The summed E-state index contributed by atoms with van der Waals surface area (Å²) in [5.41, 5.74) is 1.44. The van der Waals surface area contributed by atoms with Crippen molar-refractivity contribution in [1.29, 1.82) is 0 Å². The molecule has 0 saturated carbocycles. The number of carboxylic acid groups (broad SMARTS) is 1. The number of esters is 1. The van der Waals surface area contributed by atoms with Gasteiger partial charge in [-0.25, -0.2) is 4.79 Å². The van der Waals surface area contributed by atoms with E-state index in [1.807, 2.05) is 13.0 Å². The van der Waals surface area contributed by atoms with Crippen molar-refractivity contribution in [1.82, 2.24) is 0 Å². The average Bonchev–Trinajstić information content (AvgIpc) is 2.61. The number of carboxylic acids is 1. The number of halogens is 1. The van der Waals surface area contributed by atoms with Gasteiger partial charge in [0.25, 0.3) is 0 Å². The maximum absolute atomic E-state index is 11.3. The SMILES string of the molecule is CC(=O)Oc1ccc(NCCOc2ccc(Cl)cc2C)cc1C(=O)O.COC. The minimum atomic E-state index is -1.17. The highest BCUT2D eigenvalue weighted by Gasteiger charge is 2.14. The third-order valence-electron chi connectivity index (χ3n) is 3.29. The highest BCUT2D eigenvalue weighted by Crippen LogP contribution is 2.24. The first kappa shape index (κ1) is 23.3. The van der Waals surface area contributed by atoms with Crippen LogP contribution in [0.3, 0.4) is 0 Å². The van der Waals surface area contributed by atoms with Gasteiger partial charge in [-0.05, 0) is 48.9 Å². The molecule has 0 heterocycles. The van der Waals surface area contributed by atoms with Crippen molar-refractivity contribution >= 4 is 29.2 Å². The monoisotopic (exact) mass is 409 g/mol. The number of nitrogens with one attached hydrogen (secondary N) is 1. The Labute approximate surface area is 169 Å². The van der Waals surface area contributed by atoms with Gasteiger partial charge in [-0.2, -0.15) is 0 Å². The molecule has 0 saturated heterocycles. The Morgan fingerprint density at radius 1 is 1.11 bits per heavy atom. The lowest BCUT2D eigenvalue weighted by molar-refractivity contribution is -0.131. The van der Waals surface area contributed by atoms with Crippen LogP contribution in [0.2, 0.25) is 5.02 Å². The van der Waals surface area contributed by atoms with E-state index in [2.05, 4.69) is 10.1 Å². The minimum Gasteiger partial charge on any atom is -0.491 e. The number of ether oxygens (including phenoxy) is 3. The van der Waals surface area contributed by atoms with Crippen LogP contribution >= 0.6 is 11.6 Å². The molecule has 0 aliphatic carbocycles. The van der Waals surface area contributed by atoms with Gasteiger partial charge in [0.2, 0.25) is 0 Å². The molecule has 0 amide bonds. The standard InChI is InChI=1S/C18H18ClNO5.C2H6O/c1-11-9-13(19)3-5-16(11)24-8-7-20-14-4-6-17(25-12(2)21)15(10-14)18(22)23;1-3-2/h3-6,9-10,20H,7-8H2,1-2H3,(H,22,23);1-2H3. The van der Waals surface area contributed by atoms with E-state index < -0.39 is 11.9 Å². The van der Waals surface area contributed by atoms with Crippen molar-refractivity contribution in [2.75, 3.05) is 32.7 Å². The molecule has 0 bridgehead atoms. The van der Waals surface area contributed by atoms with Crippen molar-refractivity contribution in [3.05, 3.63) is 52.5 Å². The zero-order chi connectivity index (χ0) is 21.1. The highest BCUT2D eigenvalue weighted by molar-refractivity contribution is 6.30. The lowest BCUT2D eigenvalue weighted by Crippen LogP contribution is -2.13. The molecule has 0 aliphatic rings. The summed E-state index contributed by atoms with van der Waals surface area (Å²) in [5, 5.41) is 12.9. The molecule has 2 rings (SSSR count). The number of hydrogen-bond acceptors (Lipinski definition) is 6. The van der Waals surface area contributed by atoms with Gasteiger partial charge in [0, 0.05) is 38.4 Å². The average molecular weight is 410 g/mol. The molecule has 0 radical (unpaired) electrons. The molecular formula is C20H24ClNO6. The second-order valence-corrected chi connectivity index (χ2v) is 6.14. The second-order valence-electron chi connectivity index (χ2n) is 5.70. The van der Waals surface area contributed by atoms with Gasteiger partial charge >= 0.3 is 11.9 Å². The number of rotatable bonds is 7. The van der Waals surface area contributed by atoms with Gasteiger partial charge in [-0.3, -0.25) is 4.79 Å².